The Kier molecular flexibility index (Phi) is 3.96. The molecule has 0 aromatic carbocycles. The number of thiophene rings is 1. The summed E-state index contributed by atoms with van der Waals surface area (Å²) in [5.41, 5.74) is 0.629. The Morgan fingerprint density at radius 1 is 1.29 bits per heavy atom. The van der Waals surface area contributed by atoms with Gasteiger partial charge in [-0.05, 0) is 30.4 Å². The van der Waals surface area contributed by atoms with Gasteiger partial charge in [0.05, 0.1) is 24.1 Å². The topological polar surface area (TPSA) is 75.9 Å². The van der Waals surface area contributed by atoms with E-state index in [9.17, 15) is 4.79 Å². The van der Waals surface area contributed by atoms with Crippen molar-refractivity contribution < 1.29 is 4.79 Å². The number of hydrogen-bond acceptors (Lipinski definition) is 5. The lowest BCUT2D eigenvalue weighted by Crippen LogP contribution is -2.34. The second-order valence-corrected chi connectivity index (χ2v) is 6.50. The minimum Gasteiger partial charge on any atom is -0.317 e. The third-order valence-electron chi connectivity index (χ3n) is 3.98. The fraction of sp³-hybridized carbons (Fsp3) is 0.250. The molecule has 24 heavy (non-hydrogen) atoms. The summed E-state index contributed by atoms with van der Waals surface area (Å²) < 4.78 is 1.54. The second kappa shape index (κ2) is 6.40. The molecule has 0 saturated carbocycles. The van der Waals surface area contributed by atoms with Gasteiger partial charge in [0.15, 0.2) is 0 Å². The van der Waals surface area contributed by atoms with Gasteiger partial charge >= 0.3 is 6.03 Å². The molecule has 0 aliphatic carbocycles. The average molecular weight is 340 g/mol. The molecule has 4 heterocycles. The summed E-state index contributed by atoms with van der Waals surface area (Å²) in [6.45, 7) is 0.768. The number of amides is 2. The lowest BCUT2D eigenvalue weighted by atomic mass is 10.2. The normalized spacial score (nSPS) is 17.2. The van der Waals surface area contributed by atoms with Crippen molar-refractivity contribution in [1.29, 1.82) is 0 Å². The Labute approximate surface area is 143 Å². The van der Waals surface area contributed by atoms with Crippen molar-refractivity contribution in [3.05, 3.63) is 53.2 Å². The molecule has 3 aromatic rings. The van der Waals surface area contributed by atoms with Crippen LogP contribution in [0.5, 0.6) is 0 Å². The van der Waals surface area contributed by atoms with E-state index >= 15 is 0 Å². The number of likely N-dealkylation sites (tertiary alicyclic amines) is 1. The first-order valence-corrected chi connectivity index (χ1v) is 8.62. The van der Waals surface area contributed by atoms with E-state index in [0.717, 1.165) is 19.4 Å². The van der Waals surface area contributed by atoms with Gasteiger partial charge < -0.3 is 10.2 Å². The van der Waals surface area contributed by atoms with Gasteiger partial charge in [-0.1, -0.05) is 6.07 Å². The van der Waals surface area contributed by atoms with Gasteiger partial charge in [0, 0.05) is 23.8 Å². The van der Waals surface area contributed by atoms with E-state index in [0.29, 0.717) is 11.6 Å². The summed E-state index contributed by atoms with van der Waals surface area (Å²) in [7, 11) is 0. The molecule has 122 valence electrons. The van der Waals surface area contributed by atoms with Crippen LogP contribution >= 0.6 is 11.3 Å². The number of rotatable bonds is 3. The van der Waals surface area contributed by atoms with Crippen LogP contribution in [-0.4, -0.2) is 37.2 Å². The Bertz CT molecular complexity index is 816. The minimum absolute atomic E-state index is 0.0977. The maximum absolute atomic E-state index is 12.6. The van der Waals surface area contributed by atoms with Crippen LogP contribution < -0.4 is 5.32 Å². The van der Waals surface area contributed by atoms with Crippen molar-refractivity contribution in [1.82, 2.24) is 24.6 Å². The SMILES string of the molecule is O=C(Nc1cnn(-c2ncccn2)c1)N1CCC[C@@H]1c1cccs1. The van der Waals surface area contributed by atoms with Crippen molar-refractivity contribution in [2.45, 2.75) is 18.9 Å². The van der Waals surface area contributed by atoms with Gasteiger partial charge in [-0.2, -0.15) is 5.10 Å². The van der Waals surface area contributed by atoms with Crippen LogP contribution in [0.15, 0.2) is 48.4 Å². The van der Waals surface area contributed by atoms with Crippen LogP contribution in [0, 0.1) is 0 Å². The van der Waals surface area contributed by atoms with E-state index in [4.69, 9.17) is 0 Å². The molecule has 7 nitrogen and oxygen atoms in total. The van der Waals surface area contributed by atoms with Crippen LogP contribution in [0.2, 0.25) is 0 Å². The first kappa shape index (κ1) is 14.8. The Morgan fingerprint density at radius 3 is 2.96 bits per heavy atom. The summed E-state index contributed by atoms with van der Waals surface area (Å²) in [6, 6.07) is 5.93. The Hall–Kier alpha value is -2.74. The average Bonchev–Trinajstić information content (AvgIpc) is 3.36. The van der Waals surface area contributed by atoms with Crippen LogP contribution in [0.25, 0.3) is 5.95 Å². The van der Waals surface area contributed by atoms with Crippen LogP contribution in [0.4, 0.5) is 10.5 Å². The molecule has 1 saturated heterocycles. The van der Waals surface area contributed by atoms with Gasteiger partial charge in [-0.15, -0.1) is 11.3 Å². The quantitative estimate of drug-likeness (QED) is 0.795. The predicted octanol–water partition coefficient (Wildman–Crippen LogP) is 3.09. The number of hydrogen-bond donors (Lipinski definition) is 1. The number of carbonyl (C=O) groups is 1. The van der Waals surface area contributed by atoms with E-state index in [1.807, 2.05) is 16.3 Å². The molecule has 1 aliphatic rings. The lowest BCUT2D eigenvalue weighted by Gasteiger charge is -2.23. The third kappa shape index (κ3) is 2.88. The van der Waals surface area contributed by atoms with Gasteiger partial charge in [0.1, 0.15) is 0 Å². The smallest absolute Gasteiger partial charge is 0.317 e. The summed E-state index contributed by atoms with van der Waals surface area (Å²) in [6.07, 6.45) is 8.64. The molecular weight excluding hydrogens is 324 g/mol. The minimum atomic E-state index is -0.0977. The van der Waals surface area contributed by atoms with Crippen molar-refractivity contribution in [3.8, 4) is 5.95 Å². The van der Waals surface area contributed by atoms with E-state index < -0.39 is 0 Å². The van der Waals surface area contributed by atoms with Gasteiger partial charge in [-0.3, -0.25) is 0 Å². The first-order chi connectivity index (χ1) is 11.8. The van der Waals surface area contributed by atoms with Crippen molar-refractivity contribution in [2.24, 2.45) is 0 Å². The van der Waals surface area contributed by atoms with E-state index in [1.54, 1.807) is 42.2 Å². The number of carbonyl (C=O) groups excluding carboxylic acids is 1. The third-order valence-corrected chi connectivity index (χ3v) is 4.95. The van der Waals surface area contributed by atoms with Crippen LogP contribution in [0.1, 0.15) is 23.8 Å². The van der Waals surface area contributed by atoms with Crippen molar-refractivity contribution >= 4 is 23.1 Å². The van der Waals surface area contributed by atoms with Gasteiger partial charge in [-0.25, -0.2) is 19.4 Å². The lowest BCUT2D eigenvalue weighted by molar-refractivity contribution is 0.208. The summed E-state index contributed by atoms with van der Waals surface area (Å²) >= 11 is 1.69. The van der Waals surface area contributed by atoms with E-state index in [2.05, 4.69) is 26.4 Å². The Morgan fingerprint density at radius 2 is 2.17 bits per heavy atom. The maximum Gasteiger partial charge on any atom is 0.322 e. The fourth-order valence-electron chi connectivity index (χ4n) is 2.89. The van der Waals surface area contributed by atoms with Crippen LogP contribution in [0.3, 0.4) is 0 Å². The summed E-state index contributed by atoms with van der Waals surface area (Å²) in [5.74, 6) is 0.468. The molecule has 0 bridgehead atoms. The second-order valence-electron chi connectivity index (χ2n) is 5.52. The highest BCUT2D eigenvalue weighted by Crippen LogP contribution is 2.34. The zero-order valence-corrected chi connectivity index (χ0v) is 13.7. The monoisotopic (exact) mass is 340 g/mol. The standard InChI is InChI=1S/C16H16N6OS/c23-16(21-8-1-4-13(21)14-5-2-9-24-14)20-12-10-19-22(11-12)15-17-6-3-7-18-15/h2-3,5-7,9-11,13H,1,4,8H2,(H,20,23)/t13-/m1/s1. The highest BCUT2D eigenvalue weighted by atomic mass is 32.1. The number of aromatic nitrogens is 4. The van der Waals surface area contributed by atoms with Crippen molar-refractivity contribution in [2.75, 3.05) is 11.9 Å². The molecule has 8 heteroatoms. The number of anilines is 1. The molecule has 1 aliphatic heterocycles. The maximum atomic E-state index is 12.6. The van der Waals surface area contributed by atoms with Gasteiger partial charge in [0.25, 0.3) is 0 Å². The van der Waals surface area contributed by atoms with Gasteiger partial charge in [0.2, 0.25) is 5.95 Å². The summed E-state index contributed by atoms with van der Waals surface area (Å²) in [5, 5.41) is 9.16. The molecule has 2 amide bonds. The highest BCUT2D eigenvalue weighted by Gasteiger charge is 2.30. The predicted molar refractivity (Wildman–Crippen MR) is 91.2 cm³/mol. The molecule has 3 aromatic heterocycles. The van der Waals surface area contributed by atoms with E-state index in [-0.39, 0.29) is 12.1 Å². The molecular formula is C16H16N6OS. The van der Waals surface area contributed by atoms with Crippen LogP contribution in [-0.2, 0) is 0 Å². The molecule has 0 spiro atoms. The number of nitrogens with one attached hydrogen (secondary N) is 1. The summed E-state index contributed by atoms with van der Waals surface area (Å²) in [4.78, 5) is 24.0. The number of urea groups is 1. The first-order valence-electron chi connectivity index (χ1n) is 7.74. The zero-order valence-electron chi connectivity index (χ0n) is 12.9. The zero-order chi connectivity index (χ0) is 16.4. The fourth-order valence-corrected chi connectivity index (χ4v) is 3.76. The molecule has 4 rings (SSSR count). The Balaban J connectivity index is 1.47. The molecule has 1 atom stereocenters. The molecule has 0 unspecified atom stereocenters. The number of nitrogens with zero attached hydrogens (tertiary/aromatic N) is 5. The van der Waals surface area contributed by atoms with Crippen molar-refractivity contribution in [3.63, 3.8) is 0 Å². The molecule has 1 fully saturated rings. The van der Waals surface area contributed by atoms with E-state index in [1.165, 1.54) is 9.56 Å². The molecule has 1 N–H and O–H groups in total. The highest BCUT2D eigenvalue weighted by molar-refractivity contribution is 7.10. The largest absolute Gasteiger partial charge is 0.322 e. The molecule has 0 radical (unpaired) electrons.